The lowest BCUT2D eigenvalue weighted by Gasteiger charge is -2.08. The minimum atomic E-state index is 0.0619. The van der Waals surface area contributed by atoms with Crippen LogP contribution in [0.3, 0.4) is 0 Å². The van der Waals surface area contributed by atoms with E-state index in [9.17, 15) is 0 Å². The number of nitrogen functional groups attached to an aromatic ring is 1. The summed E-state index contributed by atoms with van der Waals surface area (Å²) in [7, 11) is 0. The third kappa shape index (κ3) is 2.17. The molecule has 0 aliphatic heterocycles. The molecule has 4 N–H and O–H groups in total. The molecule has 2 aromatic rings. The summed E-state index contributed by atoms with van der Waals surface area (Å²) >= 11 is 0.997. The summed E-state index contributed by atoms with van der Waals surface area (Å²) in [5.74, 6) is 0.206. The largest absolute Gasteiger partial charge is 0.369 e. The number of aromatic nitrogens is 2. The number of nitrogens with zero attached hydrogens (tertiary/aromatic N) is 2. The molecule has 6 heteroatoms. The number of anilines is 1. The van der Waals surface area contributed by atoms with Gasteiger partial charge in [-0.15, -0.1) is 0 Å². The van der Waals surface area contributed by atoms with Crippen molar-refractivity contribution in [2.24, 2.45) is 0 Å². The molecule has 16 heavy (non-hydrogen) atoms. The molecule has 0 amide bonds. The first-order valence-electron chi connectivity index (χ1n) is 4.67. The van der Waals surface area contributed by atoms with Gasteiger partial charge in [0.1, 0.15) is 0 Å². The topological polar surface area (TPSA) is 91.5 Å². The molecule has 0 unspecified atom stereocenters. The second-order valence-corrected chi connectivity index (χ2v) is 4.23. The molecule has 0 bridgehead atoms. The molecule has 0 aliphatic rings. The highest BCUT2D eigenvalue weighted by Crippen LogP contribution is 2.02. The van der Waals surface area contributed by atoms with Crippen molar-refractivity contribution in [1.82, 2.24) is 9.55 Å². The standard InChI is InChI=1S/C10H11N5S/c11-8-14-9(12)16-10(13)15(8)6-7-4-2-1-3-5-7/h1-5,13H,6H2,(H3,11,12,14). The summed E-state index contributed by atoms with van der Waals surface area (Å²) in [5, 5.41) is 15.1. The number of rotatable bonds is 2. The van der Waals surface area contributed by atoms with Gasteiger partial charge in [-0.3, -0.25) is 15.4 Å². The summed E-state index contributed by atoms with van der Waals surface area (Å²) in [6, 6.07) is 9.74. The van der Waals surface area contributed by atoms with Gasteiger partial charge in [0.15, 0.2) is 4.80 Å². The Bertz CT molecular complexity index is 599. The molecule has 0 saturated carbocycles. The monoisotopic (exact) mass is 233 g/mol. The minimum absolute atomic E-state index is 0.0619. The molecule has 82 valence electrons. The Balaban J connectivity index is 2.43. The molecule has 0 fully saturated rings. The van der Waals surface area contributed by atoms with Gasteiger partial charge in [-0.05, 0) is 5.56 Å². The zero-order valence-electron chi connectivity index (χ0n) is 8.47. The minimum Gasteiger partial charge on any atom is -0.369 e. The summed E-state index contributed by atoms with van der Waals surface area (Å²) in [6.07, 6.45) is 0. The Morgan fingerprint density at radius 1 is 1.25 bits per heavy atom. The number of hydrogen-bond donors (Lipinski definition) is 3. The average Bonchev–Trinajstić information content (AvgIpc) is 2.25. The summed E-state index contributed by atoms with van der Waals surface area (Å²) < 4.78 is 1.58. The van der Waals surface area contributed by atoms with Gasteiger partial charge in [0, 0.05) is 0 Å². The second-order valence-electron chi connectivity index (χ2n) is 3.25. The van der Waals surface area contributed by atoms with E-state index in [4.69, 9.17) is 16.6 Å². The van der Waals surface area contributed by atoms with Crippen molar-refractivity contribution < 1.29 is 0 Å². The fourth-order valence-corrected chi connectivity index (χ4v) is 1.95. The smallest absolute Gasteiger partial charge is 0.208 e. The van der Waals surface area contributed by atoms with Crippen LogP contribution in [0.25, 0.3) is 0 Å². The zero-order chi connectivity index (χ0) is 11.5. The van der Waals surface area contributed by atoms with Crippen LogP contribution in [-0.4, -0.2) is 9.55 Å². The Hall–Kier alpha value is -1.95. The van der Waals surface area contributed by atoms with Crippen LogP contribution in [0.1, 0.15) is 5.56 Å². The highest BCUT2D eigenvalue weighted by atomic mass is 32.1. The predicted molar refractivity (Wildman–Crippen MR) is 61.8 cm³/mol. The molecule has 1 aromatic carbocycles. The summed E-state index contributed by atoms with van der Waals surface area (Å²) in [5.41, 5.74) is 6.74. The van der Waals surface area contributed by atoms with E-state index in [1.807, 2.05) is 30.3 Å². The fourth-order valence-electron chi connectivity index (χ4n) is 1.36. The zero-order valence-corrected chi connectivity index (χ0v) is 9.29. The first-order chi connectivity index (χ1) is 7.66. The molecular weight excluding hydrogens is 222 g/mol. The van der Waals surface area contributed by atoms with Crippen LogP contribution in [0.4, 0.5) is 5.95 Å². The van der Waals surface area contributed by atoms with Gasteiger partial charge < -0.3 is 5.73 Å². The van der Waals surface area contributed by atoms with E-state index in [0.717, 1.165) is 16.9 Å². The van der Waals surface area contributed by atoms with E-state index >= 15 is 0 Å². The maximum absolute atomic E-state index is 7.74. The summed E-state index contributed by atoms with van der Waals surface area (Å²) in [6.45, 7) is 0.509. The van der Waals surface area contributed by atoms with Gasteiger partial charge in [0.2, 0.25) is 10.7 Å². The number of benzene rings is 1. The molecular formula is C10H11N5S. The second kappa shape index (κ2) is 4.28. The quantitative estimate of drug-likeness (QED) is 0.706. The lowest BCUT2D eigenvalue weighted by atomic mass is 10.2. The van der Waals surface area contributed by atoms with Gasteiger partial charge >= 0.3 is 0 Å². The maximum atomic E-state index is 7.74. The molecule has 5 nitrogen and oxygen atoms in total. The van der Waals surface area contributed by atoms with Crippen LogP contribution >= 0.6 is 11.3 Å². The van der Waals surface area contributed by atoms with Gasteiger partial charge in [0.25, 0.3) is 0 Å². The Labute approximate surface area is 95.9 Å². The van der Waals surface area contributed by atoms with Crippen molar-refractivity contribution in [1.29, 1.82) is 10.8 Å². The van der Waals surface area contributed by atoms with E-state index in [-0.39, 0.29) is 15.6 Å². The van der Waals surface area contributed by atoms with Crippen LogP contribution in [-0.2, 0) is 6.54 Å². The van der Waals surface area contributed by atoms with E-state index in [0.29, 0.717) is 6.54 Å². The van der Waals surface area contributed by atoms with Gasteiger partial charge in [-0.2, -0.15) is 4.98 Å². The van der Waals surface area contributed by atoms with E-state index in [1.54, 1.807) is 4.57 Å². The van der Waals surface area contributed by atoms with Crippen molar-refractivity contribution in [2.45, 2.75) is 6.54 Å². The van der Waals surface area contributed by atoms with Crippen LogP contribution in [0.15, 0.2) is 30.3 Å². The van der Waals surface area contributed by atoms with Gasteiger partial charge in [-0.1, -0.05) is 41.7 Å². The number of hydrogen-bond acceptors (Lipinski definition) is 5. The fraction of sp³-hybridized carbons (Fsp3) is 0.100. The number of nitrogens with two attached hydrogens (primary N) is 1. The van der Waals surface area contributed by atoms with Crippen molar-refractivity contribution in [3.05, 3.63) is 45.5 Å². The van der Waals surface area contributed by atoms with Crippen molar-refractivity contribution in [3.63, 3.8) is 0 Å². The average molecular weight is 233 g/mol. The number of nitrogens with one attached hydrogen (secondary N) is 2. The van der Waals surface area contributed by atoms with Crippen molar-refractivity contribution >= 4 is 17.3 Å². The lowest BCUT2D eigenvalue weighted by Crippen LogP contribution is -2.27. The molecule has 0 atom stereocenters. The van der Waals surface area contributed by atoms with E-state index < -0.39 is 0 Å². The molecule has 0 spiro atoms. The third-order valence-corrected chi connectivity index (χ3v) is 2.81. The molecule has 1 aromatic heterocycles. The first-order valence-corrected chi connectivity index (χ1v) is 5.49. The highest BCUT2D eigenvalue weighted by Gasteiger charge is 2.01. The SMILES string of the molecule is N=c1nc(N)n(Cc2ccccc2)c(=N)s1. The highest BCUT2D eigenvalue weighted by molar-refractivity contribution is 7.06. The maximum Gasteiger partial charge on any atom is 0.208 e. The molecule has 0 saturated heterocycles. The Kier molecular flexibility index (Phi) is 2.82. The normalized spacial score (nSPS) is 10.2. The van der Waals surface area contributed by atoms with Crippen molar-refractivity contribution in [2.75, 3.05) is 5.73 Å². The summed E-state index contributed by atoms with van der Waals surface area (Å²) in [4.78, 5) is 4.14. The van der Waals surface area contributed by atoms with Crippen molar-refractivity contribution in [3.8, 4) is 0 Å². The lowest BCUT2D eigenvalue weighted by molar-refractivity contribution is 0.742. The molecule has 0 radical (unpaired) electrons. The Morgan fingerprint density at radius 2 is 1.94 bits per heavy atom. The van der Waals surface area contributed by atoms with Crippen LogP contribution < -0.4 is 15.3 Å². The Morgan fingerprint density at radius 3 is 2.56 bits per heavy atom. The van der Waals surface area contributed by atoms with Crippen LogP contribution in [0.5, 0.6) is 0 Å². The van der Waals surface area contributed by atoms with Gasteiger partial charge in [-0.25, -0.2) is 0 Å². The molecule has 2 rings (SSSR count). The van der Waals surface area contributed by atoms with Crippen LogP contribution in [0.2, 0.25) is 0 Å². The molecule has 1 heterocycles. The molecule has 0 aliphatic carbocycles. The van der Waals surface area contributed by atoms with E-state index in [2.05, 4.69) is 4.98 Å². The van der Waals surface area contributed by atoms with E-state index in [1.165, 1.54) is 0 Å². The van der Waals surface area contributed by atoms with Crippen LogP contribution in [0, 0.1) is 10.8 Å². The first kappa shape index (κ1) is 10.6. The third-order valence-electron chi connectivity index (χ3n) is 2.11. The predicted octanol–water partition coefficient (Wildman–Crippen LogP) is 0.534. The van der Waals surface area contributed by atoms with Gasteiger partial charge in [0.05, 0.1) is 6.54 Å².